The van der Waals surface area contributed by atoms with E-state index in [2.05, 4.69) is 10.3 Å². The zero-order valence-corrected chi connectivity index (χ0v) is 10.1. The van der Waals surface area contributed by atoms with Crippen LogP contribution in [0.2, 0.25) is 0 Å². The molecule has 0 aliphatic rings. The summed E-state index contributed by atoms with van der Waals surface area (Å²) in [6, 6.07) is 7.16. The Morgan fingerprint density at radius 3 is 3.05 bits per heavy atom. The number of benzene rings is 1. The summed E-state index contributed by atoms with van der Waals surface area (Å²) < 4.78 is 10.2. The molecule has 6 nitrogen and oxygen atoms in total. The van der Waals surface area contributed by atoms with Gasteiger partial charge in [-0.3, -0.25) is 4.98 Å². The van der Waals surface area contributed by atoms with E-state index in [9.17, 15) is 4.79 Å². The number of furan rings is 1. The highest BCUT2D eigenvalue weighted by molar-refractivity contribution is 5.85. The van der Waals surface area contributed by atoms with E-state index in [-0.39, 0.29) is 0 Å². The smallest absolute Gasteiger partial charge is 0.417 e. The first-order valence-corrected chi connectivity index (χ1v) is 5.91. The lowest BCUT2D eigenvalue weighted by atomic mass is 10.2. The normalized spacial score (nSPS) is 10.9. The molecule has 0 bridgehead atoms. The van der Waals surface area contributed by atoms with E-state index in [0.717, 1.165) is 17.9 Å². The van der Waals surface area contributed by atoms with Crippen LogP contribution in [-0.2, 0) is 6.42 Å². The number of oxazole rings is 1. The quantitative estimate of drug-likeness (QED) is 0.622. The molecule has 0 spiro atoms. The highest BCUT2D eigenvalue weighted by Gasteiger charge is 2.06. The van der Waals surface area contributed by atoms with Crippen molar-refractivity contribution >= 4 is 22.5 Å². The number of nitrogen functional groups attached to an aromatic ring is 1. The molecule has 0 saturated heterocycles. The Bertz CT molecular complexity index is 740. The monoisotopic (exact) mass is 259 g/mol. The predicted octanol–water partition coefficient (Wildman–Crippen LogP) is 1.95. The van der Waals surface area contributed by atoms with Gasteiger partial charge >= 0.3 is 5.76 Å². The molecule has 0 fully saturated rings. The van der Waals surface area contributed by atoms with E-state index >= 15 is 0 Å². The second-order valence-corrected chi connectivity index (χ2v) is 4.21. The standard InChI is InChI=1S/C13H13N3O3/c14-9-6-12-11(16-13(17)19-12)7-10(9)15-4-3-8-2-1-5-18-8/h1-2,5-7,15H,3-4,14H2,(H,16,17). The first-order chi connectivity index (χ1) is 9.22. The van der Waals surface area contributed by atoms with Gasteiger partial charge in [0.05, 0.1) is 23.2 Å². The number of H-pyrrole nitrogens is 1. The second-order valence-electron chi connectivity index (χ2n) is 4.21. The lowest BCUT2D eigenvalue weighted by Crippen LogP contribution is -2.06. The zero-order chi connectivity index (χ0) is 13.2. The van der Waals surface area contributed by atoms with Gasteiger partial charge in [0.15, 0.2) is 5.58 Å². The third kappa shape index (κ3) is 2.33. The van der Waals surface area contributed by atoms with Gasteiger partial charge in [0, 0.05) is 19.0 Å². The summed E-state index contributed by atoms with van der Waals surface area (Å²) in [5.41, 5.74) is 8.27. The summed E-state index contributed by atoms with van der Waals surface area (Å²) in [6.45, 7) is 0.686. The number of nitrogens with one attached hydrogen (secondary N) is 2. The second kappa shape index (κ2) is 4.56. The van der Waals surface area contributed by atoms with Crippen molar-refractivity contribution in [3.05, 3.63) is 46.8 Å². The van der Waals surface area contributed by atoms with E-state index in [4.69, 9.17) is 14.6 Å². The van der Waals surface area contributed by atoms with E-state index in [0.29, 0.717) is 23.3 Å². The van der Waals surface area contributed by atoms with Crippen molar-refractivity contribution in [1.82, 2.24) is 4.98 Å². The van der Waals surface area contributed by atoms with Crippen molar-refractivity contribution in [3.8, 4) is 0 Å². The Morgan fingerprint density at radius 1 is 1.37 bits per heavy atom. The molecule has 98 valence electrons. The van der Waals surface area contributed by atoms with Crippen LogP contribution in [-0.4, -0.2) is 11.5 Å². The van der Waals surface area contributed by atoms with Gasteiger partial charge in [-0.25, -0.2) is 4.79 Å². The maximum atomic E-state index is 11.1. The third-order valence-electron chi connectivity index (χ3n) is 2.86. The predicted molar refractivity (Wildman–Crippen MR) is 72.1 cm³/mol. The number of anilines is 2. The minimum Gasteiger partial charge on any atom is -0.469 e. The van der Waals surface area contributed by atoms with Crippen LogP contribution >= 0.6 is 0 Å². The molecule has 19 heavy (non-hydrogen) atoms. The minimum absolute atomic E-state index is 0.457. The average Bonchev–Trinajstić information content (AvgIpc) is 2.98. The van der Waals surface area contributed by atoms with Gasteiger partial charge in [0.1, 0.15) is 5.76 Å². The lowest BCUT2D eigenvalue weighted by Gasteiger charge is -2.08. The Kier molecular flexibility index (Phi) is 2.75. The maximum absolute atomic E-state index is 11.1. The summed E-state index contributed by atoms with van der Waals surface area (Å²) in [5, 5.41) is 3.20. The molecule has 3 aromatic rings. The summed E-state index contributed by atoms with van der Waals surface area (Å²) in [5.74, 6) is 0.422. The maximum Gasteiger partial charge on any atom is 0.417 e. The SMILES string of the molecule is Nc1cc2oc(=O)[nH]c2cc1NCCc1ccco1. The van der Waals surface area contributed by atoms with E-state index < -0.39 is 5.76 Å². The molecule has 0 atom stereocenters. The topological polar surface area (TPSA) is 97.2 Å². The number of aromatic nitrogens is 1. The van der Waals surface area contributed by atoms with Gasteiger partial charge in [-0.2, -0.15) is 0 Å². The number of aromatic amines is 1. The Labute approximate surface area is 108 Å². The van der Waals surface area contributed by atoms with Crippen molar-refractivity contribution < 1.29 is 8.83 Å². The van der Waals surface area contributed by atoms with Crippen molar-refractivity contribution in [2.24, 2.45) is 0 Å². The van der Waals surface area contributed by atoms with Crippen LogP contribution in [0.4, 0.5) is 11.4 Å². The molecule has 2 heterocycles. The Hall–Kier alpha value is -2.63. The first-order valence-electron chi connectivity index (χ1n) is 5.91. The van der Waals surface area contributed by atoms with Crippen molar-refractivity contribution in [2.45, 2.75) is 6.42 Å². The van der Waals surface area contributed by atoms with Crippen LogP contribution in [0.5, 0.6) is 0 Å². The molecule has 0 saturated carbocycles. The molecule has 6 heteroatoms. The van der Waals surface area contributed by atoms with Crippen LogP contribution < -0.4 is 16.8 Å². The molecule has 3 rings (SSSR count). The zero-order valence-electron chi connectivity index (χ0n) is 10.1. The van der Waals surface area contributed by atoms with Crippen molar-refractivity contribution in [3.63, 3.8) is 0 Å². The molecule has 4 N–H and O–H groups in total. The number of rotatable bonds is 4. The summed E-state index contributed by atoms with van der Waals surface area (Å²) in [7, 11) is 0. The fourth-order valence-electron chi connectivity index (χ4n) is 1.94. The highest BCUT2D eigenvalue weighted by atomic mass is 16.4. The van der Waals surface area contributed by atoms with Crippen LogP contribution in [0, 0.1) is 0 Å². The largest absolute Gasteiger partial charge is 0.469 e. The number of hydrogen-bond acceptors (Lipinski definition) is 5. The van der Waals surface area contributed by atoms with E-state index in [1.54, 1.807) is 18.4 Å². The molecule has 0 amide bonds. The fraction of sp³-hybridized carbons (Fsp3) is 0.154. The number of hydrogen-bond donors (Lipinski definition) is 3. The molecule has 0 aliphatic carbocycles. The third-order valence-corrected chi connectivity index (χ3v) is 2.86. The van der Waals surface area contributed by atoms with Crippen molar-refractivity contribution in [2.75, 3.05) is 17.6 Å². The van der Waals surface area contributed by atoms with Gasteiger partial charge < -0.3 is 19.9 Å². The first kappa shape index (κ1) is 11.5. The van der Waals surface area contributed by atoms with Crippen molar-refractivity contribution in [1.29, 1.82) is 0 Å². The van der Waals surface area contributed by atoms with Gasteiger partial charge in [-0.05, 0) is 18.2 Å². The van der Waals surface area contributed by atoms with E-state index in [1.165, 1.54) is 0 Å². The van der Waals surface area contributed by atoms with Gasteiger partial charge in [-0.1, -0.05) is 0 Å². The number of nitrogens with two attached hydrogens (primary N) is 1. The summed E-state index contributed by atoms with van der Waals surface area (Å²) >= 11 is 0. The molecule has 0 aliphatic heterocycles. The summed E-state index contributed by atoms with van der Waals surface area (Å²) in [4.78, 5) is 13.7. The lowest BCUT2D eigenvalue weighted by molar-refractivity contribution is 0.513. The van der Waals surface area contributed by atoms with Gasteiger partial charge in [-0.15, -0.1) is 0 Å². The highest BCUT2D eigenvalue weighted by Crippen LogP contribution is 2.24. The fourth-order valence-corrected chi connectivity index (χ4v) is 1.94. The van der Waals surface area contributed by atoms with Gasteiger partial charge in [0.2, 0.25) is 0 Å². The number of fused-ring (bicyclic) bond motifs is 1. The van der Waals surface area contributed by atoms with Crippen LogP contribution in [0.3, 0.4) is 0 Å². The minimum atomic E-state index is -0.484. The van der Waals surface area contributed by atoms with Crippen LogP contribution in [0.25, 0.3) is 11.1 Å². The van der Waals surface area contributed by atoms with Gasteiger partial charge in [0.25, 0.3) is 0 Å². The molecule has 1 aromatic carbocycles. The average molecular weight is 259 g/mol. The molecular weight excluding hydrogens is 246 g/mol. The summed E-state index contributed by atoms with van der Waals surface area (Å²) in [6.07, 6.45) is 2.40. The van der Waals surface area contributed by atoms with Crippen LogP contribution in [0.15, 0.2) is 44.2 Å². The Balaban J connectivity index is 1.76. The molecule has 2 aromatic heterocycles. The van der Waals surface area contributed by atoms with E-state index in [1.807, 2.05) is 12.1 Å². The molecule has 0 unspecified atom stereocenters. The van der Waals surface area contributed by atoms with Crippen LogP contribution in [0.1, 0.15) is 5.76 Å². The molecular formula is C13H13N3O3. The molecule has 0 radical (unpaired) electrons. The Morgan fingerprint density at radius 2 is 2.26 bits per heavy atom.